The number of likely N-dealkylation sites (N-methyl/N-ethyl adjacent to an activating group) is 1. The molecule has 9 nitrogen and oxygen atoms in total. The first-order valence-electron chi connectivity index (χ1n) is 11.3. The first-order chi connectivity index (χ1) is 16.1. The molecule has 9 heteroatoms. The van der Waals surface area contributed by atoms with Crippen molar-refractivity contribution in [2.45, 2.75) is 52.3 Å². The minimum absolute atomic E-state index is 0.170. The number of nitrogens with one attached hydrogen (secondary N) is 2. The molecule has 3 rings (SSSR count). The molecule has 1 aromatic carbocycles. The number of hydrogen-bond donors (Lipinski definition) is 2. The molecule has 0 saturated carbocycles. The molecule has 2 aromatic rings. The molecule has 0 radical (unpaired) electrons. The van der Waals surface area contributed by atoms with Gasteiger partial charge in [-0.15, -0.1) is 0 Å². The van der Waals surface area contributed by atoms with Crippen molar-refractivity contribution in [1.82, 2.24) is 15.6 Å². The van der Waals surface area contributed by atoms with Gasteiger partial charge in [0.25, 0.3) is 0 Å². The summed E-state index contributed by atoms with van der Waals surface area (Å²) in [6.07, 6.45) is 1.41. The van der Waals surface area contributed by atoms with Crippen LogP contribution < -0.4 is 20.3 Å². The quantitative estimate of drug-likeness (QED) is 0.577. The lowest BCUT2D eigenvalue weighted by atomic mass is 9.84. The minimum atomic E-state index is -0.684. The topological polar surface area (TPSA) is 110 Å². The van der Waals surface area contributed by atoms with Crippen LogP contribution in [0.25, 0.3) is 0 Å². The Kier molecular flexibility index (Phi) is 7.75. The largest absolute Gasteiger partial charge is 0.497 e. The fraction of sp³-hybridized carbons (Fsp3) is 0.440. The highest BCUT2D eigenvalue weighted by Crippen LogP contribution is 2.25. The first-order valence-corrected chi connectivity index (χ1v) is 11.3. The molecule has 1 saturated heterocycles. The number of methoxy groups -OCH3 is 1. The van der Waals surface area contributed by atoms with E-state index in [1.54, 1.807) is 46.2 Å². The number of nitrogens with zero attached hydrogens (tertiary/aromatic N) is 2. The van der Waals surface area contributed by atoms with Crippen molar-refractivity contribution in [3.05, 3.63) is 53.7 Å². The number of benzene rings is 1. The van der Waals surface area contributed by atoms with E-state index < -0.39 is 23.7 Å². The number of rotatable bonds is 8. The summed E-state index contributed by atoms with van der Waals surface area (Å²) in [6, 6.07) is 10.4. The molecule has 182 valence electrons. The Labute approximate surface area is 199 Å². The van der Waals surface area contributed by atoms with Gasteiger partial charge in [-0.25, -0.2) is 9.78 Å². The van der Waals surface area contributed by atoms with E-state index >= 15 is 0 Å². The normalized spacial score (nSPS) is 17.3. The average molecular weight is 469 g/mol. The molecule has 0 spiro atoms. The second-order valence-corrected chi connectivity index (χ2v) is 9.13. The summed E-state index contributed by atoms with van der Waals surface area (Å²) < 4.78 is 10.8. The lowest BCUT2D eigenvalue weighted by Crippen LogP contribution is -2.65. The molecule has 0 unspecified atom stereocenters. The third-order valence-corrected chi connectivity index (χ3v) is 5.33. The standard InChI is InChI=1S/C25H32N4O5/c1-6-26-23(31)21-19(22(30)28-21)13-17-11-12-27-20(14-17)29(24(32)34-25(2,3)4)15-16-7-9-18(33-5)10-8-16/h7-12,14,19,21H,6,13,15H2,1-5H3,(H,26,31)(H,28,30)/t19-,21+/m1/s1. The average Bonchev–Trinajstić information content (AvgIpc) is 2.79. The smallest absolute Gasteiger partial charge is 0.416 e. The molecule has 34 heavy (non-hydrogen) atoms. The Morgan fingerprint density at radius 1 is 1.15 bits per heavy atom. The van der Waals surface area contributed by atoms with Crippen molar-refractivity contribution in [3.8, 4) is 5.75 Å². The van der Waals surface area contributed by atoms with E-state index in [4.69, 9.17) is 9.47 Å². The predicted octanol–water partition coefficient (Wildman–Crippen LogP) is 2.83. The number of hydrogen-bond acceptors (Lipinski definition) is 6. The fourth-order valence-corrected chi connectivity index (χ4v) is 3.62. The number of amides is 3. The van der Waals surface area contributed by atoms with Gasteiger partial charge in [-0.3, -0.25) is 14.5 Å². The summed E-state index contributed by atoms with van der Waals surface area (Å²) in [7, 11) is 1.59. The van der Waals surface area contributed by atoms with Crippen LogP contribution in [0.1, 0.15) is 38.8 Å². The highest BCUT2D eigenvalue weighted by atomic mass is 16.6. The van der Waals surface area contributed by atoms with Gasteiger partial charge < -0.3 is 20.1 Å². The van der Waals surface area contributed by atoms with E-state index in [1.807, 2.05) is 31.2 Å². The van der Waals surface area contributed by atoms with Gasteiger partial charge in [0, 0.05) is 12.7 Å². The predicted molar refractivity (Wildman–Crippen MR) is 127 cm³/mol. The zero-order valence-corrected chi connectivity index (χ0v) is 20.3. The van der Waals surface area contributed by atoms with Crippen LogP contribution in [-0.2, 0) is 27.3 Å². The number of ether oxygens (including phenoxy) is 2. The lowest BCUT2D eigenvalue weighted by molar-refractivity contribution is -0.143. The van der Waals surface area contributed by atoms with E-state index in [9.17, 15) is 14.4 Å². The summed E-state index contributed by atoms with van der Waals surface area (Å²) in [5, 5.41) is 5.40. The maximum absolute atomic E-state index is 13.1. The highest BCUT2D eigenvalue weighted by molar-refractivity contribution is 5.99. The molecule has 1 aliphatic heterocycles. The van der Waals surface area contributed by atoms with Gasteiger partial charge in [0.05, 0.1) is 19.6 Å². The molecular weight excluding hydrogens is 436 g/mol. The number of carbonyl (C=O) groups excluding carboxylic acids is 3. The Balaban J connectivity index is 1.84. The summed E-state index contributed by atoms with van der Waals surface area (Å²) in [4.78, 5) is 43.3. The lowest BCUT2D eigenvalue weighted by Gasteiger charge is -2.35. The van der Waals surface area contributed by atoms with Crippen molar-refractivity contribution >= 4 is 23.7 Å². The van der Waals surface area contributed by atoms with Gasteiger partial charge in [0.15, 0.2) is 0 Å². The van der Waals surface area contributed by atoms with Gasteiger partial charge in [0.2, 0.25) is 11.8 Å². The van der Waals surface area contributed by atoms with Gasteiger partial charge in [0.1, 0.15) is 23.2 Å². The third kappa shape index (κ3) is 6.24. The van der Waals surface area contributed by atoms with Crippen molar-refractivity contribution in [1.29, 1.82) is 0 Å². The highest BCUT2D eigenvalue weighted by Gasteiger charge is 2.43. The molecule has 0 bridgehead atoms. The number of aromatic nitrogens is 1. The van der Waals surface area contributed by atoms with Crippen LogP contribution in [0.2, 0.25) is 0 Å². The minimum Gasteiger partial charge on any atom is -0.497 e. The van der Waals surface area contributed by atoms with Gasteiger partial charge >= 0.3 is 6.09 Å². The van der Waals surface area contributed by atoms with E-state index in [0.29, 0.717) is 24.5 Å². The van der Waals surface area contributed by atoms with Gasteiger partial charge in [-0.05, 0) is 69.5 Å². The summed E-state index contributed by atoms with van der Waals surface area (Å²) in [5.41, 5.74) is 0.979. The Hall–Kier alpha value is -3.62. The van der Waals surface area contributed by atoms with Crippen LogP contribution in [-0.4, -0.2) is 48.2 Å². The number of anilines is 1. The summed E-state index contributed by atoms with van der Waals surface area (Å²) in [5.74, 6) is 0.275. The second-order valence-electron chi connectivity index (χ2n) is 9.13. The maximum atomic E-state index is 13.1. The summed E-state index contributed by atoms with van der Waals surface area (Å²) >= 11 is 0. The number of pyridine rings is 1. The molecule has 2 atom stereocenters. The van der Waals surface area contributed by atoms with Crippen LogP contribution in [0.4, 0.5) is 10.6 Å². The monoisotopic (exact) mass is 468 g/mol. The van der Waals surface area contributed by atoms with Crippen molar-refractivity contribution in [2.75, 3.05) is 18.6 Å². The van der Waals surface area contributed by atoms with E-state index in [-0.39, 0.29) is 18.4 Å². The van der Waals surface area contributed by atoms with Crippen LogP contribution in [0.3, 0.4) is 0 Å². The molecular formula is C25H32N4O5. The zero-order valence-electron chi connectivity index (χ0n) is 20.3. The van der Waals surface area contributed by atoms with Crippen LogP contribution in [0, 0.1) is 5.92 Å². The molecule has 0 aliphatic carbocycles. The Bertz CT molecular complexity index is 1030. The van der Waals surface area contributed by atoms with Gasteiger partial charge in [-0.2, -0.15) is 0 Å². The molecule has 3 amide bonds. The molecule has 1 aliphatic rings. The van der Waals surface area contributed by atoms with Crippen molar-refractivity contribution < 1.29 is 23.9 Å². The number of β-lactam (4-membered cyclic amide) rings is 1. The molecule has 2 heterocycles. The maximum Gasteiger partial charge on any atom is 0.416 e. The van der Waals surface area contributed by atoms with Crippen molar-refractivity contribution in [3.63, 3.8) is 0 Å². The number of carbonyl (C=O) groups is 3. The second kappa shape index (κ2) is 10.5. The SMILES string of the molecule is CCNC(=O)[C@H]1NC(=O)[C@@H]1Cc1ccnc(N(Cc2ccc(OC)cc2)C(=O)OC(C)(C)C)c1. The third-order valence-electron chi connectivity index (χ3n) is 5.33. The van der Waals surface area contributed by atoms with Gasteiger partial charge in [-0.1, -0.05) is 12.1 Å². The van der Waals surface area contributed by atoms with Crippen LogP contribution in [0.15, 0.2) is 42.6 Å². The van der Waals surface area contributed by atoms with Crippen molar-refractivity contribution in [2.24, 2.45) is 5.92 Å². The van der Waals surface area contributed by atoms with E-state index in [2.05, 4.69) is 15.6 Å². The first kappa shape index (κ1) is 25.0. The summed E-state index contributed by atoms with van der Waals surface area (Å²) in [6.45, 7) is 7.97. The Morgan fingerprint density at radius 2 is 1.85 bits per heavy atom. The molecule has 2 N–H and O–H groups in total. The molecule has 1 fully saturated rings. The Morgan fingerprint density at radius 3 is 2.44 bits per heavy atom. The molecule has 1 aromatic heterocycles. The fourth-order valence-electron chi connectivity index (χ4n) is 3.62. The van der Waals surface area contributed by atoms with E-state index in [1.165, 1.54) is 4.90 Å². The van der Waals surface area contributed by atoms with Crippen LogP contribution >= 0.6 is 0 Å². The van der Waals surface area contributed by atoms with Crippen LogP contribution in [0.5, 0.6) is 5.75 Å². The zero-order chi connectivity index (χ0) is 24.9. The van der Waals surface area contributed by atoms with E-state index in [0.717, 1.165) is 11.1 Å².